The molecular formula is C22H22ClN3O. The van der Waals surface area contributed by atoms with E-state index in [2.05, 4.69) is 27.0 Å². The molecule has 1 aromatic heterocycles. The van der Waals surface area contributed by atoms with Crippen molar-refractivity contribution in [2.24, 2.45) is 5.92 Å². The summed E-state index contributed by atoms with van der Waals surface area (Å²) in [6.45, 7) is 1.73. The highest BCUT2D eigenvalue weighted by Crippen LogP contribution is 2.33. The predicted molar refractivity (Wildman–Crippen MR) is 109 cm³/mol. The third-order valence-corrected chi connectivity index (χ3v) is 5.47. The molecule has 3 aromatic rings. The van der Waals surface area contributed by atoms with E-state index >= 15 is 0 Å². The molecule has 0 amide bonds. The van der Waals surface area contributed by atoms with Gasteiger partial charge in [-0.2, -0.15) is 0 Å². The Morgan fingerprint density at radius 2 is 1.63 bits per heavy atom. The highest BCUT2D eigenvalue weighted by Gasteiger charge is 2.27. The van der Waals surface area contributed by atoms with Crippen molar-refractivity contribution in [3.8, 4) is 11.1 Å². The lowest BCUT2D eigenvalue weighted by Crippen LogP contribution is -2.36. The van der Waals surface area contributed by atoms with Crippen LogP contribution >= 0.6 is 11.6 Å². The Kier molecular flexibility index (Phi) is 5.37. The lowest BCUT2D eigenvalue weighted by Gasteiger charge is -2.34. The van der Waals surface area contributed by atoms with Gasteiger partial charge in [-0.15, -0.1) is 0 Å². The van der Waals surface area contributed by atoms with Gasteiger partial charge in [-0.1, -0.05) is 48.0 Å². The fourth-order valence-corrected chi connectivity index (χ4v) is 3.87. The zero-order chi connectivity index (χ0) is 18.6. The number of halogens is 1. The van der Waals surface area contributed by atoms with Crippen molar-refractivity contribution in [2.45, 2.75) is 18.9 Å². The SMILES string of the molecule is O[C@@H](c1ccc(-c2cccc(Cl)c2)cc1)C1CCN(c2ncccn2)CC1. The Balaban J connectivity index is 1.41. The first kappa shape index (κ1) is 18.0. The molecule has 0 unspecified atom stereocenters. The lowest BCUT2D eigenvalue weighted by molar-refractivity contribution is 0.0928. The zero-order valence-electron chi connectivity index (χ0n) is 15.0. The zero-order valence-corrected chi connectivity index (χ0v) is 15.8. The van der Waals surface area contributed by atoms with Gasteiger partial charge in [0.1, 0.15) is 0 Å². The van der Waals surface area contributed by atoms with E-state index in [4.69, 9.17) is 11.6 Å². The van der Waals surface area contributed by atoms with Crippen molar-refractivity contribution < 1.29 is 5.11 Å². The quantitative estimate of drug-likeness (QED) is 0.710. The molecule has 0 bridgehead atoms. The van der Waals surface area contributed by atoms with Gasteiger partial charge in [0, 0.05) is 30.5 Å². The first-order valence-corrected chi connectivity index (χ1v) is 9.64. The van der Waals surface area contributed by atoms with Crippen LogP contribution in [-0.2, 0) is 0 Å². The van der Waals surface area contributed by atoms with Crippen LogP contribution in [0.4, 0.5) is 5.95 Å². The van der Waals surface area contributed by atoms with Gasteiger partial charge in [-0.25, -0.2) is 9.97 Å². The summed E-state index contributed by atoms with van der Waals surface area (Å²) in [5.41, 5.74) is 3.15. The number of hydrogen-bond acceptors (Lipinski definition) is 4. The second kappa shape index (κ2) is 8.07. The summed E-state index contributed by atoms with van der Waals surface area (Å²) in [4.78, 5) is 10.8. The smallest absolute Gasteiger partial charge is 0.225 e. The van der Waals surface area contributed by atoms with E-state index in [1.807, 2.05) is 42.5 Å². The van der Waals surface area contributed by atoms with Crippen molar-refractivity contribution in [1.29, 1.82) is 0 Å². The van der Waals surface area contributed by atoms with E-state index in [0.717, 1.165) is 53.6 Å². The maximum Gasteiger partial charge on any atom is 0.225 e. The van der Waals surface area contributed by atoms with Crippen LogP contribution in [0.1, 0.15) is 24.5 Å². The van der Waals surface area contributed by atoms with E-state index in [1.54, 1.807) is 12.4 Å². The maximum atomic E-state index is 10.8. The molecule has 0 saturated carbocycles. The maximum absolute atomic E-state index is 10.8. The fourth-order valence-electron chi connectivity index (χ4n) is 3.68. The average Bonchev–Trinajstić information content (AvgIpc) is 2.74. The van der Waals surface area contributed by atoms with Crippen LogP contribution in [-0.4, -0.2) is 28.2 Å². The minimum Gasteiger partial charge on any atom is -0.388 e. The molecule has 0 spiro atoms. The summed E-state index contributed by atoms with van der Waals surface area (Å²) in [5, 5.41) is 11.6. The van der Waals surface area contributed by atoms with Gasteiger partial charge >= 0.3 is 0 Å². The van der Waals surface area contributed by atoms with E-state index in [9.17, 15) is 5.11 Å². The molecule has 2 aromatic carbocycles. The molecule has 138 valence electrons. The molecule has 1 saturated heterocycles. The number of anilines is 1. The van der Waals surface area contributed by atoms with Gasteiger partial charge in [0.2, 0.25) is 5.95 Å². The highest BCUT2D eigenvalue weighted by molar-refractivity contribution is 6.30. The Morgan fingerprint density at radius 1 is 0.926 bits per heavy atom. The number of aliphatic hydroxyl groups is 1. The normalized spacial score (nSPS) is 16.3. The molecular weight excluding hydrogens is 358 g/mol. The lowest BCUT2D eigenvalue weighted by atomic mass is 9.87. The average molecular weight is 380 g/mol. The van der Waals surface area contributed by atoms with E-state index in [-0.39, 0.29) is 5.92 Å². The monoisotopic (exact) mass is 379 g/mol. The number of aliphatic hydroxyl groups excluding tert-OH is 1. The molecule has 0 aliphatic carbocycles. The summed E-state index contributed by atoms with van der Waals surface area (Å²) in [6.07, 6.45) is 4.94. The molecule has 1 fully saturated rings. The van der Waals surface area contributed by atoms with Crippen molar-refractivity contribution in [3.63, 3.8) is 0 Å². The van der Waals surface area contributed by atoms with Gasteiger partial charge < -0.3 is 10.0 Å². The van der Waals surface area contributed by atoms with Gasteiger partial charge in [0.05, 0.1) is 6.10 Å². The molecule has 5 heteroatoms. The first-order valence-electron chi connectivity index (χ1n) is 9.26. The number of piperidine rings is 1. The molecule has 1 aliphatic heterocycles. The van der Waals surface area contributed by atoms with Crippen molar-refractivity contribution in [2.75, 3.05) is 18.0 Å². The Hall–Kier alpha value is -2.43. The Bertz CT molecular complexity index is 878. The highest BCUT2D eigenvalue weighted by atomic mass is 35.5. The molecule has 1 aliphatic rings. The number of nitrogens with zero attached hydrogens (tertiary/aromatic N) is 3. The number of rotatable bonds is 4. The predicted octanol–water partition coefficient (Wildman–Crippen LogP) is 4.75. The topological polar surface area (TPSA) is 49.2 Å². The van der Waals surface area contributed by atoms with E-state index in [1.165, 1.54) is 0 Å². The summed E-state index contributed by atoms with van der Waals surface area (Å²) >= 11 is 6.08. The van der Waals surface area contributed by atoms with Crippen LogP contribution in [0, 0.1) is 5.92 Å². The van der Waals surface area contributed by atoms with Crippen LogP contribution in [0.25, 0.3) is 11.1 Å². The van der Waals surface area contributed by atoms with Crippen LogP contribution in [0.3, 0.4) is 0 Å². The fraction of sp³-hybridized carbons (Fsp3) is 0.273. The van der Waals surface area contributed by atoms with Crippen LogP contribution < -0.4 is 4.90 Å². The minimum atomic E-state index is -0.447. The third kappa shape index (κ3) is 4.12. The first-order chi connectivity index (χ1) is 13.2. The summed E-state index contributed by atoms with van der Waals surface area (Å²) in [7, 11) is 0. The van der Waals surface area contributed by atoms with Crippen molar-refractivity contribution in [1.82, 2.24) is 9.97 Å². The molecule has 1 atom stereocenters. The summed E-state index contributed by atoms with van der Waals surface area (Å²) < 4.78 is 0. The summed E-state index contributed by atoms with van der Waals surface area (Å²) in [5.74, 6) is 1.03. The van der Waals surface area contributed by atoms with Gasteiger partial charge in [0.15, 0.2) is 0 Å². The van der Waals surface area contributed by atoms with E-state index < -0.39 is 6.10 Å². The number of benzene rings is 2. The number of aromatic nitrogens is 2. The molecule has 4 nitrogen and oxygen atoms in total. The van der Waals surface area contributed by atoms with Crippen molar-refractivity contribution in [3.05, 3.63) is 77.6 Å². The second-order valence-corrected chi connectivity index (χ2v) is 7.39. The Labute approximate surface area is 164 Å². The standard InChI is InChI=1S/C22H22ClN3O/c23-20-4-1-3-19(15-20)16-5-7-17(8-6-16)21(27)18-9-13-26(14-10-18)22-24-11-2-12-25-22/h1-8,11-12,15,18,21,27H,9-10,13-14H2/t21-/m0/s1. The molecule has 4 rings (SSSR count). The van der Waals surface area contributed by atoms with Crippen LogP contribution in [0.5, 0.6) is 0 Å². The van der Waals surface area contributed by atoms with Crippen LogP contribution in [0.2, 0.25) is 5.02 Å². The van der Waals surface area contributed by atoms with Crippen molar-refractivity contribution >= 4 is 17.5 Å². The molecule has 0 radical (unpaired) electrons. The molecule has 1 N–H and O–H groups in total. The Morgan fingerprint density at radius 3 is 2.30 bits per heavy atom. The number of hydrogen-bond donors (Lipinski definition) is 1. The summed E-state index contributed by atoms with van der Waals surface area (Å²) in [6, 6.07) is 17.8. The van der Waals surface area contributed by atoms with Gasteiger partial charge in [0.25, 0.3) is 0 Å². The van der Waals surface area contributed by atoms with Gasteiger partial charge in [-0.05, 0) is 53.6 Å². The molecule has 27 heavy (non-hydrogen) atoms. The molecule has 2 heterocycles. The van der Waals surface area contributed by atoms with Crippen LogP contribution in [0.15, 0.2) is 67.0 Å². The second-order valence-electron chi connectivity index (χ2n) is 6.95. The largest absolute Gasteiger partial charge is 0.388 e. The van der Waals surface area contributed by atoms with E-state index in [0.29, 0.717) is 0 Å². The third-order valence-electron chi connectivity index (χ3n) is 5.23. The van der Waals surface area contributed by atoms with Gasteiger partial charge in [-0.3, -0.25) is 0 Å². The minimum absolute atomic E-state index is 0.252.